The highest BCUT2D eigenvalue weighted by atomic mass is 16.5. The van der Waals surface area contributed by atoms with E-state index in [1.807, 2.05) is 24.3 Å². The van der Waals surface area contributed by atoms with E-state index in [2.05, 4.69) is 11.8 Å². The van der Waals surface area contributed by atoms with Gasteiger partial charge in [0.15, 0.2) is 0 Å². The zero-order valence-electron chi connectivity index (χ0n) is 9.16. The van der Waals surface area contributed by atoms with Crippen LogP contribution in [0.4, 0.5) is 0 Å². The molecule has 0 heterocycles. The molecule has 0 saturated carbocycles. The van der Waals surface area contributed by atoms with Crippen LogP contribution in [0, 0.1) is 11.8 Å². The molecule has 0 aliphatic carbocycles. The minimum atomic E-state index is -0.303. The maximum absolute atomic E-state index is 9.20. The number of hydrogen-bond donors (Lipinski definition) is 1. The number of rotatable bonds is 4. The Bertz CT molecular complexity index is 341. The largest absolute Gasteiger partial charge is 0.481 e. The van der Waals surface area contributed by atoms with Crippen molar-refractivity contribution in [1.82, 2.24) is 0 Å². The average Bonchev–Trinajstić information content (AvgIpc) is 2.20. The van der Waals surface area contributed by atoms with Crippen LogP contribution >= 0.6 is 0 Å². The van der Waals surface area contributed by atoms with Gasteiger partial charge in [0.05, 0.1) is 6.10 Å². The van der Waals surface area contributed by atoms with Gasteiger partial charge in [0.1, 0.15) is 12.4 Å². The van der Waals surface area contributed by atoms with E-state index in [9.17, 15) is 5.11 Å². The molecule has 80 valence electrons. The van der Waals surface area contributed by atoms with Crippen LogP contribution in [0.15, 0.2) is 24.3 Å². The number of ether oxygens (including phenoxy) is 1. The molecule has 1 rings (SSSR count). The van der Waals surface area contributed by atoms with Crippen molar-refractivity contribution in [3.63, 3.8) is 0 Å². The first-order chi connectivity index (χ1) is 7.22. The van der Waals surface area contributed by atoms with Gasteiger partial charge in [0.25, 0.3) is 0 Å². The van der Waals surface area contributed by atoms with Crippen LogP contribution < -0.4 is 4.74 Å². The minimum absolute atomic E-state index is 0.303. The number of aliphatic hydroxyl groups excluding tert-OH is 1. The summed E-state index contributed by atoms with van der Waals surface area (Å²) in [5.41, 5.74) is 1.11. The summed E-state index contributed by atoms with van der Waals surface area (Å²) in [6.45, 7) is 3.99. The van der Waals surface area contributed by atoms with E-state index in [1.165, 1.54) is 0 Å². The summed E-state index contributed by atoms with van der Waals surface area (Å²) in [4.78, 5) is 0. The number of benzene rings is 1. The topological polar surface area (TPSA) is 29.5 Å². The van der Waals surface area contributed by atoms with Crippen LogP contribution in [-0.2, 0) is 6.42 Å². The maximum atomic E-state index is 9.20. The highest BCUT2D eigenvalue weighted by Gasteiger charge is 1.99. The van der Waals surface area contributed by atoms with Gasteiger partial charge in [-0.15, -0.1) is 5.92 Å². The molecule has 0 aliphatic rings. The van der Waals surface area contributed by atoms with Gasteiger partial charge < -0.3 is 9.84 Å². The van der Waals surface area contributed by atoms with Crippen molar-refractivity contribution in [2.45, 2.75) is 26.4 Å². The molecule has 0 radical (unpaired) electrons. The molecule has 0 fully saturated rings. The van der Waals surface area contributed by atoms with Gasteiger partial charge in [-0.2, -0.15) is 0 Å². The first-order valence-corrected chi connectivity index (χ1v) is 5.02. The molecule has 0 spiro atoms. The molecule has 0 aromatic heterocycles. The van der Waals surface area contributed by atoms with Crippen molar-refractivity contribution in [1.29, 1.82) is 0 Å². The minimum Gasteiger partial charge on any atom is -0.481 e. The molecule has 1 N–H and O–H groups in total. The van der Waals surface area contributed by atoms with Crippen LogP contribution in [0.2, 0.25) is 0 Å². The lowest BCUT2D eigenvalue weighted by Crippen LogP contribution is -2.03. The SMILES string of the molecule is CC#CCOc1ccc(CC(C)O)cc1. The van der Waals surface area contributed by atoms with Crippen LogP contribution in [0.3, 0.4) is 0 Å². The molecule has 1 aromatic rings. The van der Waals surface area contributed by atoms with Crippen LogP contribution in [-0.4, -0.2) is 17.8 Å². The van der Waals surface area contributed by atoms with Crippen molar-refractivity contribution < 1.29 is 9.84 Å². The summed E-state index contributed by atoms with van der Waals surface area (Å²) in [6.07, 6.45) is 0.373. The monoisotopic (exact) mass is 204 g/mol. The molecule has 15 heavy (non-hydrogen) atoms. The maximum Gasteiger partial charge on any atom is 0.149 e. The molecular formula is C13H16O2. The highest BCUT2D eigenvalue weighted by Crippen LogP contribution is 2.13. The molecule has 0 saturated heterocycles. The molecule has 1 atom stereocenters. The summed E-state index contributed by atoms with van der Waals surface area (Å²) in [6, 6.07) is 7.72. The lowest BCUT2D eigenvalue weighted by Gasteiger charge is -2.06. The number of aliphatic hydroxyl groups is 1. The summed E-state index contributed by atoms with van der Waals surface area (Å²) >= 11 is 0. The summed E-state index contributed by atoms with van der Waals surface area (Å²) in [5, 5.41) is 9.20. The normalized spacial score (nSPS) is 11.4. The second kappa shape index (κ2) is 6.10. The van der Waals surface area contributed by atoms with E-state index < -0.39 is 0 Å². The van der Waals surface area contributed by atoms with E-state index >= 15 is 0 Å². The van der Waals surface area contributed by atoms with Crippen molar-refractivity contribution >= 4 is 0 Å². The fourth-order valence-corrected chi connectivity index (χ4v) is 1.25. The fourth-order valence-electron chi connectivity index (χ4n) is 1.25. The average molecular weight is 204 g/mol. The second-order valence-electron chi connectivity index (χ2n) is 3.41. The third-order valence-corrected chi connectivity index (χ3v) is 1.94. The Morgan fingerprint density at radius 2 is 2.00 bits per heavy atom. The van der Waals surface area contributed by atoms with E-state index in [0.29, 0.717) is 13.0 Å². The van der Waals surface area contributed by atoms with Crippen molar-refractivity contribution in [3.8, 4) is 17.6 Å². The predicted octanol–water partition coefficient (Wildman–Crippen LogP) is 2.01. The van der Waals surface area contributed by atoms with Gasteiger partial charge in [-0.3, -0.25) is 0 Å². The Kier molecular flexibility index (Phi) is 4.73. The molecule has 0 amide bonds. The summed E-state index contributed by atoms with van der Waals surface area (Å²) in [7, 11) is 0. The quantitative estimate of drug-likeness (QED) is 0.760. The smallest absolute Gasteiger partial charge is 0.149 e. The molecule has 1 aromatic carbocycles. The van der Waals surface area contributed by atoms with Crippen LogP contribution in [0.5, 0.6) is 5.75 Å². The molecule has 2 heteroatoms. The molecule has 0 bridgehead atoms. The lowest BCUT2D eigenvalue weighted by molar-refractivity contribution is 0.195. The van der Waals surface area contributed by atoms with E-state index in [0.717, 1.165) is 11.3 Å². The van der Waals surface area contributed by atoms with Gasteiger partial charge in [0, 0.05) is 0 Å². The van der Waals surface area contributed by atoms with Crippen LogP contribution in [0.25, 0.3) is 0 Å². The van der Waals surface area contributed by atoms with E-state index in [-0.39, 0.29) is 6.10 Å². The van der Waals surface area contributed by atoms with Gasteiger partial charge in [-0.05, 0) is 38.0 Å². The van der Waals surface area contributed by atoms with Crippen molar-refractivity contribution in [3.05, 3.63) is 29.8 Å². The van der Waals surface area contributed by atoms with E-state index in [1.54, 1.807) is 13.8 Å². The molecule has 2 nitrogen and oxygen atoms in total. The Labute approximate surface area is 90.9 Å². The van der Waals surface area contributed by atoms with Crippen molar-refractivity contribution in [2.24, 2.45) is 0 Å². The molecular weight excluding hydrogens is 188 g/mol. The summed E-state index contributed by atoms with van der Waals surface area (Å²) < 4.78 is 5.37. The zero-order chi connectivity index (χ0) is 11.1. The lowest BCUT2D eigenvalue weighted by atomic mass is 10.1. The standard InChI is InChI=1S/C13H16O2/c1-3-4-9-15-13-7-5-12(6-8-13)10-11(2)14/h5-8,11,14H,9-10H2,1-2H3. The first-order valence-electron chi connectivity index (χ1n) is 5.02. The van der Waals surface area contributed by atoms with Gasteiger partial charge in [0.2, 0.25) is 0 Å². The Balaban J connectivity index is 2.51. The van der Waals surface area contributed by atoms with Crippen LogP contribution in [0.1, 0.15) is 19.4 Å². The summed E-state index contributed by atoms with van der Waals surface area (Å²) in [5.74, 6) is 6.41. The zero-order valence-corrected chi connectivity index (χ0v) is 9.16. The first kappa shape index (κ1) is 11.6. The Morgan fingerprint density at radius 1 is 1.33 bits per heavy atom. The Morgan fingerprint density at radius 3 is 2.53 bits per heavy atom. The van der Waals surface area contributed by atoms with Gasteiger partial charge >= 0.3 is 0 Å². The van der Waals surface area contributed by atoms with Gasteiger partial charge in [-0.1, -0.05) is 18.1 Å². The Hall–Kier alpha value is -1.46. The molecule has 1 unspecified atom stereocenters. The third kappa shape index (κ3) is 4.53. The van der Waals surface area contributed by atoms with Gasteiger partial charge in [-0.25, -0.2) is 0 Å². The van der Waals surface area contributed by atoms with E-state index in [4.69, 9.17) is 4.74 Å². The molecule has 0 aliphatic heterocycles. The highest BCUT2D eigenvalue weighted by molar-refractivity contribution is 5.27. The fraction of sp³-hybridized carbons (Fsp3) is 0.385. The predicted molar refractivity (Wildman–Crippen MR) is 60.8 cm³/mol. The number of hydrogen-bond acceptors (Lipinski definition) is 2. The third-order valence-electron chi connectivity index (χ3n) is 1.94. The second-order valence-corrected chi connectivity index (χ2v) is 3.41. The van der Waals surface area contributed by atoms with Crippen molar-refractivity contribution in [2.75, 3.05) is 6.61 Å².